The average Bonchev–Trinajstić information content (AvgIpc) is 2.45. The van der Waals surface area contributed by atoms with E-state index < -0.39 is 0 Å². The van der Waals surface area contributed by atoms with Crippen molar-refractivity contribution in [3.05, 3.63) is 23.9 Å². The molecule has 100 valence electrons. The van der Waals surface area contributed by atoms with Gasteiger partial charge in [-0.15, -0.1) is 0 Å². The highest BCUT2D eigenvalue weighted by atomic mass is 16.5. The molecule has 4 nitrogen and oxygen atoms in total. The first-order valence-electron chi connectivity index (χ1n) is 6.86. The highest BCUT2D eigenvalue weighted by molar-refractivity contribution is 5.40. The summed E-state index contributed by atoms with van der Waals surface area (Å²) in [4.78, 5) is 6.88. The van der Waals surface area contributed by atoms with Crippen molar-refractivity contribution in [2.24, 2.45) is 5.73 Å². The molecule has 1 aromatic heterocycles. The van der Waals surface area contributed by atoms with Crippen molar-refractivity contribution in [1.82, 2.24) is 4.98 Å². The van der Waals surface area contributed by atoms with E-state index in [2.05, 4.69) is 22.9 Å². The third-order valence-corrected chi connectivity index (χ3v) is 3.26. The Hall–Kier alpha value is -1.13. The lowest BCUT2D eigenvalue weighted by molar-refractivity contribution is 0.0439. The molecule has 4 heteroatoms. The van der Waals surface area contributed by atoms with Crippen molar-refractivity contribution in [3.8, 4) is 0 Å². The second-order valence-electron chi connectivity index (χ2n) is 4.77. The minimum atomic E-state index is 0.349. The topological polar surface area (TPSA) is 51.4 Å². The summed E-state index contributed by atoms with van der Waals surface area (Å²) in [5.74, 6) is 1.03. The zero-order chi connectivity index (χ0) is 12.8. The quantitative estimate of drug-likeness (QED) is 0.866. The molecule has 1 aliphatic rings. The second kappa shape index (κ2) is 6.71. The fourth-order valence-corrected chi connectivity index (χ4v) is 2.32. The van der Waals surface area contributed by atoms with Crippen LogP contribution in [0.1, 0.15) is 31.9 Å². The molecule has 1 fully saturated rings. The van der Waals surface area contributed by atoms with E-state index in [4.69, 9.17) is 10.5 Å². The molecule has 0 aromatic carbocycles. The Morgan fingerprint density at radius 1 is 1.50 bits per heavy atom. The van der Waals surface area contributed by atoms with Crippen LogP contribution in [0, 0.1) is 0 Å². The second-order valence-corrected chi connectivity index (χ2v) is 4.77. The highest BCUT2D eigenvalue weighted by Crippen LogP contribution is 2.19. The van der Waals surface area contributed by atoms with Gasteiger partial charge in [-0.25, -0.2) is 4.98 Å². The van der Waals surface area contributed by atoms with Gasteiger partial charge in [0.1, 0.15) is 5.82 Å². The normalized spacial score (nSPS) is 20.1. The molecule has 0 amide bonds. The van der Waals surface area contributed by atoms with Gasteiger partial charge in [0.15, 0.2) is 0 Å². The van der Waals surface area contributed by atoms with E-state index in [0.29, 0.717) is 12.6 Å². The van der Waals surface area contributed by atoms with Gasteiger partial charge in [-0.1, -0.05) is 13.0 Å². The van der Waals surface area contributed by atoms with Crippen molar-refractivity contribution in [3.63, 3.8) is 0 Å². The zero-order valence-electron chi connectivity index (χ0n) is 11.1. The van der Waals surface area contributed by atoms with Crippen LogP contribution in [-0.2, 0) is 11.3 Å². The monoisotopic (exact) mass is 249 g/mol. The predicted octanol–water partition coefficient (Wildman–Crippen LogP) is 1.94. The molecular weight excluding hydrogens is 226 g/mol. The first-order valence-corrected chi connectivity index (χ1v) is 6.86. The van der Waals surface area contributed by atoms with Gasteiger partial charge in [-0.05, 0) is 31.4 Å². The molecule has 2 rings (SSSR count). The summed E-state index contributed by atoms with van der Waals surface area (Å²) in [5, 5.41) is 0. The summed E-state index contributed by atoms with van der Waals surface area (Å²) in [6.07, 6.45) is 3.76. The number of anilines is 1. The average molecular weight is 249 g/mol. The minimum absolute atomic E-state index is 0.349. The summed E-state index contributed by atoms with van der Waals surface area (Å²) in [6.45, 7) is 5.51. The van der Waals surface area contributed by atoms with Crippen molar-refractivity contribution in [1.29, 1.82) is 0 Å². The molecule has 1 atom stereocenters. The number of ether oxygens (including phenoxy) is 1. The Bertz CT molecular complexity index is 370. The molecular formula is C14H23N3O. The number of pyridine rings is 1. The lowest BCUT2D eigenvalue weighted by Gasteiger charge is -2.33. The maximum absolute atomic E-state index is 5.85. The Morgan fingerprint density at radius 2 is 2.39 bits per heavy atom. The number of hydrogen-bond acceptors (Lipinski definition) is 4. The molecule has 0 saturated carbocycles. The fourth-order valence-electron chi connectivity index (χ4n) is 2.32. The molecule has 0 aliphatic carbocycles. The zero-order valence-corrected chi connectivity index (χ0v) is 11.1. The Balaban J connectivity index is 1.98. The summed E-state index contributed by atoms with van der Waals surface area (Å²) in [6, 6.07) is 6.06. The van der Waals surface area contributed by atoms with Gasteiger partial charge in [0, 0.05) is 26.2 Å². The summed E-state index contributed by atoms with van der Waals surface area (Å²) in [5.41, 5.74) is 6.58. The van der Waals surface area contributed by atoms with Crippen LogP contribution in [0.4, 0.5) is 5.82 Å². The van der Waals surface area contributed by atoms with Crippen molar-refractivity contribution in [2.75, 3.05) is 24.6 Å². The van der Waals surface area contributed by atoms with Crippen LogP contribution in [0.25, 0.3) is 0 Å². The molecule has 2 heterocycles. The maximum Gasteiger partial charge on any atom is 0.128 e. The van der Waals surface area contributed by atoms with E-state index >= 15 is 0 Å². The summed E-state index contributed by atoms with van der Waals surface area (Å²) in [7, 11) is 0. The lowest BCUT2D eigenvalue weighted by Crippen LogP contribution is -2.40. The van der Waals surface area contributed by atoms with E-state index in [1.54, 1.807) is 0 Å². The SMILES string of the molecule is CCCOC1CCCN(c2cccc(CN)n2)C1. The van der Waals surface area contributed by atoms with E-state index in [1.165, 1.54) is 6.42 Å². The van der Waals surface area contributed by atoms with Gasteiger partial charge in [0.2, 0.25) is 0 Å². The molecule has 1 aliphatic heterocycles. The Labute approximate surface area is 109 Å². The van der Waals surface area contributed by atoms with Crippen LogP contribution in [0.15, 0.2) is 18.2 Å². The third kappa shape index (κ3) is 3.43. The van der Waals surface area contributed by atoms with Crippen molar-refractivity contribution >= 4 is 5.82 Å². The number of piperidine rings is 1. The van der Waals surface area contributed by atoms with Gasteiger partial charge in [-0.3, -0.25) is 0 Å². The van der Waals surface area contributed by atoms with Crippen LogP contribution in [0.3, 0.4) is 0 Å². The minimum Gasteiger partial charge on any atom is -0.376 e. The van der Waals surface area contributed by atoms with Gasteiger partial charge >= 0.3 is 0 Å². The van der Waals surface area contributed by atoms with E-state index in [1.807, 2.05) is 12.1 Å². The van der Waals surface area contributed by atoms with Crippen LogP contribution >= 0.6 is 0 Å². The largest absolute Gasteiger partial charge is 0.376 e. The third-order valence-electron chi connectivity index (χ3n) is 3.26. The van der Waals surface area contributed by atoms with Crippen LogP contribution in [0.5, 0.6) is 0 Å². The van der Waals surface area contributed by atoms with Crippen LogP contribution in [-0.4, -0.2) is 30.8 Å². The number of rotatable bonds is 5. The number of hydrogen-bond donors (Lipinski definition) is 1. The molecule has 0 bridgehead atoms. The first kappa shape index (κ1) is 13.3. The molecule has 1 aromatic rings. The molecule has 0 spiro atoms. The van der Waals surface area contributed by atoms with Gasteiger partial charge < -0.3 is 15.4 Å². The summed E-state index contributed by atoms with van der Waals surface area (Å²) >= 11 is 0. The molecule has 2 N–H and O–H groups in total. The molecule has 18 heavy (non-hydrogen) atoms. The maximum atomic E-state index is 5.85. The Kier molecular flexibility index (Phi) is 4.96. The lowest BCUT2D eigenvalue weighted by atomic mass is 10.1. The Morgan fingerprint density at radius 3 is 3.17 bits per heavy atom. The van der Waals surface area contributed by atoms with Crippen LogP contribution < -0.4 is 10.6 Å². The van der Waals surface area contributed by atoms with Gasteiger partial charge in [-0.2, -0.15) is 0 Å². The number of nitrogens with two attached hydrogens (primary N) is 1. The smallest absolute Gasteiger partial charge is 0.128 e. The molecule has 1 saturated heterocycles. The molecule has 0 radical (unpaired) electrons. The first-order chi connectivity index (χ1) is 8.83. The number of nitrogens with zero attached hydrogens (tertiary/aromatic N) is 2. The fraction of sp³-hybridized carbons (Fsp3) is 0.643. The van der Waals surface area contributed by atoms with Gasteiger partial charge in [0.25, 0.3) is 0 Å². The van der Waals surface area contributed by atoms with Gasteiger partial charge in [0.05, 0.1) is 11.8 Å². The molecule has 1 unspecified atom stereocenters. The van der Waals surface area contributed by atoms with Crippen molar-refractivity contribution in [2.45, 2.75) is 38.8 Å². The number of aromatic nitrogens is 1. The standard InChI is InChI=1S/C14H23N3O/c1-2-9-18-13-6-4-8-17(11-13)14-7-3-5-12(10-15)16-14/h3,5,7,13H,2,4,6,8-11,15H2,1H3. The van der Waals surface area contributed by atoms with E-state index in [0.717, 1.165) is 44.0 Å². The van der Waals surface area contributed by atoms with E-state index in [9.17, 15) is 0 Å². The predicted molar refractivity (Wildman–Crippen MR) is 73.6 cm³/mol. The van der Waals surface area contributed by atoms with E-state index in [-0.39, 0.29) is 0 Å². The highest BCUT2D eigenvalue weighted by Gasteiger charge is 2.21. The summed E-state index contributed by atoms with van der Waals surface area (Å²) < 4.78 is 5.85. The van der Waals surface area contributed by atoms with Crippen LogP contribution in [0.2, 0.25) is 0 Å². The van der Waals surface area contributed by atoms with Crippen molar-refractivity contribution < 1.29 is 4.74 Å².